The highest BCUT2D eigenvalue weighted by Gasteiger charge is 2.25. The van der Waals surface area contributed by atoms with Gasteiger partial charge in [-0.25, -0.2) is 0 Å². The maximum Gasteiger partial charge on any atom is 0.320 e. The number of nitro benzene ring substituents is 1. The van der Waals surface area contributed by atoms with E-state index in [4.69, 9.17) is 17.3 Å². The van der Waals surface area contributed by atoms with Crippen molar-refractivity contribution in [2.24, 2.45) is 12.8 Å². The highest BCUT2D eigenvalue weighted by Crippen LogP contribution is 2.34. The van der Waals surface area contributed by atoms with E-state index in [9.17, 15) is 14.9 Å². The van der Waals surface area contributed by atoms with Crippen LogP contribution >= 0.6 is 0 Å². The van der Waals surface area contributed by atoms with E-state index in [1.807, 2.05) is 0 Å². The molecule has 0 aliphatic rings. The fraction of sp³-hybridized carbons (Fsp3) is 0.267. The molecule has 1 heterocycles. The second-order valence-corrected chi connectivity index (χ2v) is 5.06. The van der Waals surface area contributed by atoms with Crippen molar-refractivity contribution in [3.63, 3.8) is 0 Å². The molecule has 3 N–H and O–H groups in total. The van der Waals surface area contributed by atoms with Gasteiger partial charge in [-0.05, 0) is 18.6 Å². The number of nitrogens with zero attached hydrogens (tertiary/aromatic N) is 2. The third-order valence-electron chi connectivity index (χ3n) is 3.80. The molecular weight excluding hydrogens is 286 g/mol. The number of benzene rings is 1. The maximum absolute atomic E-state index is 11.4. The molecule has 0 aliphatic carbocycles. The van der Waals surface area contributed by atoms with Crippen molar-refractivity contribution in [3.05, 3.63) is 39.1 Å². The number of terminal acetylenes is 1. The molecule has 114 valence electrons. The minimum absolute atomic E-state index is 0.00868. The first-order valence-corrected chi connectivity index (χ1v) is 6.49. The Morgan fingerprint density at radius 3 is 2.73 bits per heavy atom. The van der Waals surface area contributed by atoms with Gasteiger partial charge in [0.05, 0.1) is 15.8 Å². The molecule has 1 atom stereocenters. The summed E-state index contributed by atoms with van der Waals surface area (Å²) >= 11 is 0. The summed E-state index contributed by atoms with van der Waals surface area (Å²) in [6.45, 7) is 1.77. The lowest BCUT2D eigenvalue weighted by Crippen LogP contribution is -2.32. The number of carboxylic acid groups (broad SMARTS) is 1. The third-order valence-corrected chi connectivity index (χ3v) is 3.80. The number of hydrogen-bond donors (Lipinski definition) is 2. The average Bonchev–Trinajstić information content (AvgIpc) is 2.71. The lowest BCUT2D eigenvalue weighted by molar-refractivity contribution is -0.383. The number of aryl methyl sites for hydroxylation is 1. The fourth-order valence-electron chi connectivity index (χ4n) is 2.53. The Balaban J connectivity index is 2.82. The Kier molecular flexibility index (Phi) is 3.89. The van der Waals surface area contributed by atoms with Gasteiger partial charge in [-0.15, -0.1) is 6.42 Å². The Bertz CT molecular complexity index is 830. The highest BCUT2D eigenvalue weighted by atomic mass is 16.6. The normalized spacial score (nSPS) is 12.1. The van der Waals surface area contributed by atoms with E-state index in [0.29, 0.717) is 22.0 Å². The van der Waals surface area contributed by atoms with Crippen molar-refractivity contribution in [1.29, 1.82) is 0 Å². The number of nitrogens with two attached hydrogens (primary N) is 1. The van der Waals surface area contributed by atoms with Crippen LogP contribution in [0.4, 0.5) is 5.69 Å². The van der Waals surface area contributed by atoms with Gasteiger partial charge in [-0.3, -0.25) is 14.9 Å². The molecule has 0 amide bonds. The molecule has 0 spiro atoms. The molecule has 2 rings (SSSR count). The number of aliphatic carboxylic acids is 1. The summed E-state index contributed by atoms with van der Waals surface area (Å²) in [4.78, 5) is 21.8. The van der Waals surface area contributed by atoms with Crippen LogP contribution < -0.4 is 5.73 Å². The zero-order chi connectivity index (χ0) is 16.6. The first-order chi connectivity index (χ1) is 10.3. The van der Waals surface area contributed by atoms with Crippen LogP contribution in [0.25, 0.3) is 10.9 Å². The second kappa shape index (κ2) is 5.50. The summed E-state index contributed by atoms with van der Waals surface area (Å²) in [6.07, 6.45) is 5.35. The van der Waals surface area contributed by atoms with Gasteiger partial charge in [0.15, 0.2) is 0 Å². The van der Waals surface area contributed by atoms with Crippen molar-refractivity contribution in [2.45, 2.75) is 19.4 Å². The van der Waals surface area contributed by atoms with Crippen LogP contribution in [0.15, 0.2) is 12.1 Å². The van der Waals surface area contributed by atoms with Crippen LogP contribution in [0.2, 0.25) is 0 Å². The summed E-state index contributed by atoms with van der Waals surface area (Å²) < 4.78 is 1.76. The predicted octanol–water partition coefficient (Wildman–Crippen LogP) is 1.33. The van der Waals surface area contributed by atoms with Crippen LogP contribution in [-0.2, 0) is 18.3 Å². The van der Waals surface area contributed by atoms with E-state index in [0.717, 1.165) is 5.69 Å². The van der Waals surface area contributed by atoms with Gasteiger partial charge in [0.25, 0.3) is 5.69 Å². The molecule has 7 heteroatoms. The van der Waals surface area contributed by atoms with Crippen LogP contribution in [-0.4, -0.2) is 26.6 Å². The summed E-state index contributed by atoms with van der Waals surface area (Å²) in [5.41, 5.74) is 7.72. The second-order valence-electron chi connectivity index (χ2n) is 5.06. The predicted molar refractivity (Wildman–Crippen MR) is 81.6 cm³/mol. The van der Waals surface area contributed by atoms with Crippen LogP contribution in [0, 0.1) is 29.4 Å². The van der Waals surface area contributed by atoms with Crippen molar-refractivity contribution in [2.75, 3.05) is 0 Å². The summed E-state index contributed by atoms with van der Waals surface area (Å²) in [6, 6.07) is 1.86. The Morgan fingerprint density at radius 2 is 2.23 bits per heavy atom. The van der Waals surface area contributed by atoms with Crippen LogP contribution in [0.1, 0.15) is 16.8 Å². The van der Waals surface area contributed by atoms with E-state index in [2.05, 4.69) is 5.92 Å². The molecule has 1 aromatic carbocycles. The van der Waals surface area contributed by atoms with Crippen molar-refractivity contribution >= 4 is 22.6 Å². The summed E-state index contributed by atoms with van der Waals surface area (Å²) in [7, 11) is 1.75. The van der Waals surface area contributed by atoms with E-state index < -0.39 is 16.9 Å². The molecule has 1 aromatic heterocycles. The fourth-order valence-corrected chi connectivity index (χ4v) is 2.53. The Hall–Kier alpha value is -2.85. The topological polar surface area (TPSA) is 111 Å². The summed E-state index contributed by atoms with van der Waals surface area (Å²) in [5, 5.41) is 20.7. The first kappa shape index (κ1) is 15.5. The van der Waals surface area contributed by atoms with E-state index >= 15 is 0 Å². The molecule has 22 heavy (non-hydrogen) atoms. The smallest absolute Gasteiger partial charge is 0.320 e. The Morgan fingerprint density at radius 1 is 1.59 bits per heavy atom. The number of non-ortho nitro benzene ring substituents is 1. The van der Waals surface area contributed by atoms with Crippen molar-refractivity contribution < 1.29 is 14.8 Å². The molecule has 7 nitrogen and oxygen atoms in total. The van der Waals surface area contributed by atoms with Crippen molar-refractivity contribution in [3.8, 4) is 12.3 Å². The lowest BCUT2D eigenvalue weighted by atomic mass is 10.0. The van der Waals surface area contributed by atoms with Gasteiger partial charge in [-0.2, -0.15) is 0 Å². The molecule has 0 bridgehead atoms. The van der Waals surface area contributed by atoms with Gasteiger partial charge in [0.2, 0.25) is 0 Å². The maximum atomic E-state index is 11.4. The SMILES string of the molecule is C#Cc1cc([N+](=O)[O-])c2c(CC(N)C(=O)O)c(C)n(C)c2c1. The van der Waals surface area contributed by atoms with E-state index in [1.165, 1.54) is 6.07 Å². The zero-order valence-electron chi connectivity index (χ0n) is 12.2. The average molecular weight is 301 g/mol. The molecule has 0 fully saturated rings. The van der Waals surface area contributed by atoms with Gasteiger partial charge in [0.1, 0.15) is 6.04 Å². The van der Waals surface area contributed by atoms with Gasteiger partial charge < -0.3 is 15.4 Å². The van der Waals surface area contributed by atoms with E-state index in [1.54, 1.807) is 24.6 Å². The minimum atomic E-state index is -1.15. The third kappa shape index (κ3) is 2.40. The standard InChI is InChI=1S/C15H15N3O4/c1-4-9-5-12-14(13(6-9)18(21)22)10(8(2)17(12)3)7-11(16)15(19)20/h1,5-6,11H,7,16H2,2-3H3,(H,19,20). The molecule has 0 saturated heterocycles. The number of hydrogen-bond acceptors (Lipinski definition) is 4. The number of carbonyl (C=O) groups is 1. The number of carboxylic acids is 1. The van der Waals surface area contributed by atoms with Crippen LogP contribution in [0.5, 0.6) is 0 Å². The highest BCUT2D eigenvalue weighted by molar-refractivity contribution is 5.95. The van der Waals surface area contributed by atoms with E-state index in [-0.39, 0.29) is 12.1 Å². The lowest BCUT2D eigenvalue weighted by Gasteiger charge is -2.07. The van der Waals surface area contributed by atoms with Crippen LogP contribution in [0.3, 0.4) is 0 Å². The largest absolute Gasteiger partial charge is 0.480 e. The first-order valence-electron chi connectivity index (χ1n) is 6.49. The molecule has 0 aliphatic heterocycles. The zero-order valence-corrected chi connectivity index (χ0v) is 12.2. The molecule has 0 radical (unpaired) electrons. The number of fused-ring (bicyclic) bond motifs is 1. The molecular formula is C15H15N3O4. The Labute approximate surface area is 126 Å². The number of rotatable bonds is 4. The summed E-state index contributed by atoms with van der Waals surface area (Å²) in [5.74, 6) is 1.24. The molecule has 2 aromatic rings. The van der Waals surface area contributed by atoms with Crippen molar-refractivity contribution in [1.82, 2.24) is 4.57 Å². The van der Waals surface area contributed by atoms with Gasteiger partial charge in [-0.1, -0.05) is 5.92 Å². The molecule has 0 saturated carbocycles. The van der Waals surface area contributed by atoms with Gasteiger partial charge in [0, 0.05) is 30.8 Å². The number of nitro groups is 1. The minimum Gasteiger partial charge on any atom is -0.480 e. The number of aromatic nitrogens is 1. The quantitative estimate of drug-likeness (QED) is 0.502. The molecule has 1 unspecified atom stereocenters. The monoisotopic (exact) mass is 301 g/mol. The van der Waals surface area contributed by atoms with Gasteiger partial charge >= 0.3 is 5.97 Å².